The van der Waals surface area contributed by atoms with Crippen LogP contribution in [0.1, 0.15) is 25.7 Å². The molecule has 0 amide bonds. The van der Waals surface area contributed by atoms with Gasteiger partial charge in [-0.1, -0.05) is 6.08 Å². The summed E-state index contributed by atoms with van der Waals surface area (Å²) in [5, 5.41) is 17.6. The Morgan fingerprint density at radius 3 is 2.92 bits per heavy atom. The van der Waals surface area contributed by atoms with Crippen LogP contribution < -0.4 is 0 Å². The predicted molar refractivity (Wildman–Crippen MR) is 46.5 cm³/mol. The predicted octanol–water partition coefficient (Wildman–Crippen LogP) is 1.54. The zero-order valence-corrected chi connectivity index (χ0v) is 7.35. The highest BCUT2D eigenvalue weighted by Gasteiger charge is 2.13. The Balaban J connectivity index is 2.42. The van der Waals surface area contributed by atoms with Gasteiger partial charge in [0.05, 0.1) is 6.10 Å². The third-order valence-electron chi connectivity index (χ3n) is 2.04. The lowest BCUT2D eigenvalue weighted by atomic mass is 10.0. The number of carboxylic acid groups (broad SMARTS) is 1. The molecule has 1 rings (SSSR count). The van der Waals surface area contributed by atoms with E-state index in [-0.39, 0.29) is 12.2 Å². The van der Waals surface area contributed by atoms with Crippen LogP contribution >= 0.6 is 0 Å². The lowest BCUT2D eigenvalue weighted by Gasteiger charge is -2.16. The average Bonchev–Trinajstić information content (AvgIpc) is 1.99. The maximum absolute atomic E-state index is 10.2. The summed E-state index contributed by atoms with van der Waals surface area (Å²) in [6, 6.07) is 0. The second-order valence-electron chi connectivity index (χ2n) is 3.17. The van der Waals surface area contributed by atoms with Crippen molar-refractivity contribution in [3.05, 3.63) is 12.2 Å². The molecule has 13 heavy (non-hydrogen) atoms. The van der Waals surface area contributed by atoms with Crippen LogP contribution in [-0.2, 0) is 4.74 Å². The number of hydrogen-bond acceptors (Lipinski definition) is 3. The molecule has 2 N–H and O–H groups in total. The molecular formula is C9H14O4. The number of hydrogen-bond donors (Lipinski definition) is 2. The fraction of sp³-hybridized carbons (Fsp3) is 0.667. The largest absolute Gasteiger partial charge is 0.506 e. The normalized spacial score (nSPS) is 29.0. The van der Waals surface area contributed by atoms with Gasteiger partial charge in [-0.2, -0.15) is 0 Å². The van der Waals surface area contributed by atoms with Crippen molar-refractivity contribution in [1.29, 1.82) is 0 Å². The molecule has 1 aliphatic carbocycles. The third kappa shape index (κ3) is 3.94. The molecule has 2 atom stereocenters. The van der Waals surface area contributed by atoms with Crippen molar-refractivity contribution in [2.75, 3.05) is 0 Å². The van der Waals surface area contributed by atoms with Gasteiger partial charge in [-0.3, -0.25) is 0 Å². The van der Waals surface area contributed by atoms with Crippen molar-refractivity contribution in [3.63, 3.8) is 0 Å². The van der Waals surface area contributed by atoms with Crippen LogP contribution in [0.5, 0.6) is 0 Å². The van der Waals surface area contributed by atoms with E-state index in [0.29, 0.717) is 19.3 Å². The molecule has 0 bridgehead atoms. The molecule has 74 valence electrons. The zero-order valence-electron chi connectivity index (χ0n) is 7.35. The van der Waals surface area contributed by atoms with Crippen molar-refractivity contribution in [2.45, 2.75) is 37.9 Å². The summed E-state index contributed by atoms with van der Waals surface area (Å²) in [4.78, 5) is 10.2. The van der Waals surface area contributed by atoms with Gasteiger partial charge in [0.25, 0.3) is 0 Å². The maximum Gasteiger partial charge on any atom is 0.506 e. The number of ether oxygens (including phenoxy) is 1. The first-order chi connectivity index (χ1) is 6.18. The molecule has 4 heteroatoms. The Labute approximate surface area is 76.8 Å². The molecule has 0 aromatic heterocycles. The number of carbonyl (C=O) groups is 1. The van der Waals surface area contributed by atoms with Gasteiger partial charge in [0, 0.05) is 0 Å². The highest BCUT2D eigenvalue weighted by Crippen LogP contribution is 2.14. The first-order valence-electron chi connectivity index (χ1n) is 4.43. The second-order valence-corrected chi connectivity index (χ2v) is 3.17. The first kappa shape index (κ1) is 10.1. The number of aliphatic hydroxyl groups is 1. The molecule has 0 heterocycles. The highest BCUT2D eigenvalue weighted by atomic mass is 16.7. The molecular weight excluding hydrogens is 172 g/mol. The van der Waals surface area contributed by atoms with E-state index in [1.807, 2.05) is 0 Å². The molecule has 1 aliphatic rings. The lowest BCUT2D eigenvalue weighted by molar-refractivity contribution is 0.0618. The van der Waals surface area contributed by atoms with E-state index < -0.39 is 6.16 Å². The first-order valence-corrected chi connectivity index (χ1v) is 4.43. The van der Waals surface area contributed by atoms with Gasteiger partial charge in [0.2, 0.25) is 0 Å². The van der Waals surface area contributed by atoms with E-state index in [4.69, 9.17) is 5.11 Å². The van der Waals surface area contributed by atoms with Crippen molar-refractivity contribution in [2.24, 2.45) is 0 Å². The van der Waals surface area contributed by atoms with Gasteiger partial charge in [0.15, 0.2) is 0 Å². The van der Waals surface area contributed by atoms with E-state index in [2.05, 4.69) is 4.74 Å². The summed E-state index contributed by atoms with van der Waals surface area (Å²) in [5.74, 6) is 0. The van der Waals surface area contributed by atoms with Crippen LogP contribution in [0.3, 0.4) is 0 Å². The van der Waals surface area contributed by atoms with Crippen LogP contribution in [-0.4, -0.2) is 28.6 Å². The summed E-state index contributed by atoms with van der Waals surface area (Å²) in [6.45, 7) is 0. The summed E-state index contributed by atoms with van der Waals surface area (Å²) < 4.78 is 4.61. The maximum atomic E-state index is 10.2. The SMILES string of the molecule is O=C(O)OC1C=CCC(O)CCC1. The molecule has 0 saturated heterocycles. The average molecular weight is 186 g/mol. The summed E-state index contributed by atoms with van der Waals surface area (Å²) >= 11 is 0. The monoisotopic (exact) mass is 186 g/mol. The third-order valence-corrected chi connectivity index (χ3v) is 2.04. The van der Waals surface area contributed by atoms with E-state index in [1.165, 1.54) is 0 Å². The molecule has 0 aromatic carbocycles. The summed E-state index contributed by atoms with van der Waals surface area (Å²) in [7, 11) is 0. The minimum absolute atomic E-state index is 0.290. The van der Waals surface area contributed by atoms with Gasteiger partial charge in [-0.05, 0) is 31.8 Å². The Bertz CT molecular complexity index is 200. The van der Waals surface area contributed by atoms with E-state index in [0.717, 1.165) is 6.42 Å². The van der Waals surface area contributed by atoms with Crippen LogP contribution in [0.25, 0.3) is 0 Å². The molecule has 0 spiro atoms. The van der Waals surface area contributed by atoms with Crippen molar-refractivity contribution in [3.8, 4) is 0 Å². The van der Waals surface area contributed by atoms with E-state index in [1.54, 1.807) is 12.2 Å². The van der Waals surface area contributed by atoms with Crippen LogP contribution in [0.2, 0.25) is 0 Å². The Morgan fingerprint density at radius 2 is 2.23 bits per heavy atom. The Kier molecular flexibility index (Phi) is 3.76. The molecule has 0 radical (unpaired) electrons. The minimum atomic E-state index is -1.24. The van der Waals surface area contributed by atoms with Crippen LogP contribution in [0, 0.1) is 0 Å². The molecule has 0 saturated carbocycles. The molecule has 4 nitrogen and oxygen atoms in total. The van der Waals surface area contributed by atoms with Gasteiger partial charge < -0.3 is 14.9 Å². The van der Waals surface area contributed by atoms with Gasteiger partial charge in [-0.15, -0.1) is 0 Å². The fourth-order valence-electron chi connectivity index (χ4n) is 1.38. The van der Waals surface area contributed by atoms with Crippen LogP contribution in [0.4, 0.5) is 4.79 Å². The fourth-order valence-corrected chi connectivity index (χ4v) is 1.38. The van der Waals surface area contributed by atoms with Crippen molar-refractivity contribution in [1.82, 2.24) is 0 Å². The topological polar surface area (TPSA) is 66.8 Å². The van der Waals surface area contributed by atoms with Gasteiger partial charge in [-0.25, -0.2) is 4.79 Å². The minimum Gasteiger partial charge on any atom is -0.450 e. The standard InChI is InChI=1S/C9H14O4/c10-7-3-1-5-8(6-2-4-7)13-9(11)12/h1,5,7-8,10H,2-4,6H2,(H,11,12). The zero-order chi connectivity index (χ0) is 9.68. The highest BCUT2D eigenvalue weighted by molar-refractivity contribution is 5.57. The Morgan fingerprint density at radius 1 is 1.46 bits per heavy atom. The summed E-state index contributed by atoms with van der Waals surface area (Å²) in [5.41, 5.74) is 0. The molecule has 0 aliphatic heterocycles. The Hall–Kier alpha value is -1.03. The van der Waals surface area contributed by atoms with Gasteiger partial charge in [0.1, 0.15) is 6.10 Å². The lowest BCUT2D eigenvalue weighted by Crippen LogP contribution is -2.17. The molecule has 0 fully saturated rings. The quantitative estimate of drug-likeness (QED) is 0.481. The molecule has 2 unspecified atom stereocenters. The number of aliphatic hydroxyl groups excluding tert-OH is 1. The van der Waals surface area contributed by atoms with Gasteiger partial charge >= 0.3 is 6.16 Å². The summed E-state index contributed by atoms with van der Waals surface area (Å²) in [6.07, 6.45) is 4.35. The smallest absolute Gasteiger partial charge is 0.450 e. The number of rotatable bonds is 1. The van der Waals surface area contributed by atoms with Crippen molar-refractivity contribution >= 4 is 6.16 Å². The van der Waals surface area contributed by atoms with E-state index >= 15 is 0 Å². The van der Waals surface area contributed by atoms with Crippen LogP contribution in [0.15, 0.2) is 12.2 Å². The van der Waals surface area contributed by atoms with Crippen molar-refractivity contribution < 1.29 is 19.7 Å². The molecule has 0 aromatic rings. The second kappa shape index (κ2) is 4.87. The van der Waals surface area contributed by atoms with E-state index in [9.17, 15) is 9.90 Å².